The summed E-state index contributed by atoms with van der Waals surface area (Å²) in [5.41, 5.74) is 0. The summed E-state index contributed by atoms with van der Waals surface area (Å²) >= 11 is 0. The van der Waals surface area contributed by atoms with Crippen LogP contribution in [0.4, 0.5) is 0 Å². The van der Waals surface area contributed by atoms with E-state index in [1.54, 1.807) is 0 Å². The van der Waals surface area contributed by atoms with Crippen molar-refractivity contribution >= 4 is 14.7 Å². The Morgan fingerprint density at radius 3 is 0.744 bits per heavy atom. The van der Waals surface area contributed by atoms with Gasteiger partial charge in [-0.3, -0.25) is 0 Å². The molecule has 0 aliphatic heterocycles. The fraction of sp³-hybridized carbons (Fsp3) is 1.00. The first-order valence-electron chi connectivity index (χ1n) is 16.6. The predicted molar refractivity (Wildman–Crippen MR) is 168 cm³/mol. The predicted octanol–water partition coefficient (Wildman–Crippen LogP) is 10.1. The molecule has 0 amide bonds. The van der Waals surface area contributed by atoms with Crippen LogP contribution in [0.5, 0.6) is 0 Å². The van der Waals surface area contributed by atoms with Crippen molar-refractivity contribution in [2.24, 2.45) is 23.7 Å². The first-order valence-corrected chi connectivity index (χ1v) is 20.5. The van der Waals surface area contributed by atoms with Crippen LogP contribution in [0.25, 0.3) is 0 Å². The molecule has 236 valence electrons. The first kappa shape index (κ1) is 44.4. The number of hydrogen-bond donors (Lipinski definition) is 0. The minimum absolute atomic E-state index is 0. The van der Waals surface area contributed by atoms with E-state index in [4.69, 9.17) is 0 Å². The molecule has 7 heteroatoms. The van der Waals surface area contributed by atoms with Gasteiger partial charge in [0.1, 0.15) is 0 Å². The average Bonchev–Trinajstić information content (AvgIpc) is 2.89. The smallest absolute Gasteiger partial charge is 0.799 e. The SMILES string of the molecule is CCCCC(CC)CP(=O)([O-])CC(CC)CCCC.CCCCC(CC)CP(=O)([O-])CC(CC)CCCC.[Cr+2]. The van der Waals surface area contributed by atoms with Gasteiger partial charge < -0.3 is 18.9 Å². The van der Waals surface area contributed by atoms with Gasteiger partial charge in [0, 0.05) is 14.7 Å². The van der Waals surface area contributed by atoms with Gasteiger partial charge in [-0.25, -0.2) is 0 Å². The van der Waals surface area contributed by atoms with Crippen LogP contribution in [0.15, 0.2) is 0 Å². The van der Waals surface area contributed by atoms with Gasteiger partial charge in [0.05, 0.1) is 0 Å². The Balaban J connectivity index is -0.000000648. The van der Waals surface area contributed by atoms with Crippen molar-refractivity contribution in [3.8, 4) is 0 Å². The summed E-state index contributed by atoms with van der Waals surface area (Å²) in [6, 6.07) is 0. The van der Waals surface area contributed by atoms with Crippen LogP contribution in [0.3, 0.4) is 0 Å². The van der Waals surface area contributed by atoms with E-state index in [0.29, 0.717) is 48.3 Å². The topological polar surface area (TPSA) is 80.3 Å². The molecule has 0 saturated carbocycles. The number of unbranched alkanes of at least 4 members (excludes halogenated alkanes) is 4. The van der Waals surface area contributed by atoms with Crippen molar-refractivity contribution < 1.29 is 36.3 Å². The Bertz CT molecular complexity index is 521. The minimum Gasteiger partial charge on any atom is -0.799 e. The third-order valence-electron chi connectivity index (χ3n) is 8.32. The molecule has 0 aliphatic carbocycles. The summed E-state index contributed by atoms with van der Waals surface area (Å²) in [4.78, 5) is 24.6. The summed E-state index contributed by atoms with van der Waals surface area (Å²) in [5.74, 6) is 1.53. The standard InChI is InChI=1S/2C16H35O2P.Cr/c2*1-5-9-11-15(7-3)13-19(17,18)14-16(8-4)12-10-6-2;/h2*15-16H,5-14H2,1-4H3,(H,17,18);/q;;+2/p-2. The van der Waals surface area contributed by atoms with Gasteiger partial charge in [-0.1, -0.05) is 158 Å². The second-order valence-corrected chi connectivity index (χ2v) is 16.7. The number of rotatable bonds is 24. The Morgan fingerprint density at radius 2 is 0.615 bits per heavy atom. The van der Waals surface area contributed by atoms with E-state index in [9.17, 15) is 18.9 Å². The Hall–Kier alpha value is 0.912. The van der Waals surface area contributed by atoms with Crippen LogP contribution in [0.2, 0.25) is 0 Å². The molecule has 4 unspecified atom stereocenters. The van der Waals surface area contributed by atoms with Gasteiger partial charge in [0.25, 0.3) is 0 Å². The van der Waals surface area contributed by atoms with Gasteiger partial charge >= 0.3 is 17.4 Å². The summed E-state index contributed by atoms with van der Waals surface area (Å²) in [6.45, 7) is 17.2. The molecule has 0 N–H and O–H groups in total. The van der Waals surface area contributed by atoms with Crippen molar-refractivity contribution in [1.29, 1.82) is 0 Å². The summed E-state index contributed by atoms with van der Waals surface area (Å²) in [6.07, 6.45) is 19.3. The average molecular weight is 631 g/mol. The van der Waals surface area contributed by atoms with Crippen LogP contribution >= 0.6 is 14.7 Å². The van der Waals surface area contributed by atoms with Gasteiger partial charge in [0.2, 0.25) is 0 Å². The van der Waals surface area contributed by atoms with Crippen molar-refractivity contribution in [1.82, 2.24) is 0 Å². The van der Waals surface area contributed by atoms with E-state index in [2.05, 4.69) is 55.4 Å². The van der Waals surface area contributed by atoms with Crippen LogP contribution < -0.4 is 9.79 Å². The fourth-order valence-electron chi connectivity index (χ4n) is 5.39. The molecule has 4 atom stereocenters. The summed E-state index contributed by atoms with van der Waals surface area (Å²) in [5, 5.41) is 0. The van der Waals surface area contributed by atoms with Crippen LogP contribution in [-0.2, 0) is 26.5 Å². The summed E-state index contributed by atoms with van der Waals surface area (Å²) < 4.78 is 24.6. The zero-order valence-electron chi connectivity index (χ0n) is 27.4. The van der Waals surface area contributed by atoms with E-state index in [1.807, 2.05) is 0 Å². The monoisotopic (exact) mass is 630 g/mol. The maximum atomic E-state index is 12.3. The molecule has 0 rings (SSSR count). The second kappa shape index (κ2) is 27.7. The van der Waals surface area contributed by atoms with E-state index >= 15 is 0 Å². The van der Waals surface area contributed by atoms with Crippen molar-refractivity contribution in [2.75, 3.05) is 24.6 Å². The van der Waals surface area contributed by atoms with Crippen molar-refractivity contribution in [3.05, 3.63) is 0 Å². The maximum absolute atomic E-state index is 12.3. The summed E-state index contributed by atoms with van der Waals surface area (Å²) in [7, 11) is -6.34. The van der Waals surface area contributed by atoms with Gasteiger partial charge in [-0.2, -0.15) is 0 Å². The molecule has 0 aromatic rings. The second-order valence-electron chi connectivity index (χ2n) is 12.0. The number of hydrogen-bond acceptors (Lipinski definition) is 4. The zero-order chi connectivity index (χ0) is 29.5. The molecule has 0 spiro atoms. The normalized spacial score (nSPS) is 17.5. The fourth-order valence-corrected chi connectivity index (χ4v) is 10.6. The molecule has 39 heavy (non-hydrogen) atoms. The van der Waals surface area contributed by atoms with Gasteiger partial charge in [-0.15, -0.1) is 0 Å². The Labute approximate surface area is 256 Å². The maximum Gasteiger partial charge on any atom is 2.00 e. The quantitative estimate of drug-likeness (QED) is 0.0994. The molecular weight excluding hydrogens is 562 g/mol. The van der Waals surface area contributed by atoms with Crippen molar-refractivity contribution in [2.45, 2.75) is 158 Å². The molecule has 0 bridgehead atoms. The molecule has 0 fully saturated rings. The molecule has 0 saturated heterocycles. The third kappa shape index (κ3) is 26.3. The Morgan fingerprint density at radius 1 is 0.436 bits per heavy atom. The van der Waals surface area contributed by atoms with Crippen LogP contribution in [0.1, 0.15) is 158 Å². The molecule has 0 heterocycles. The van der Waals surface area contributed by atoms with E-state index in [1.165, 1.54) is 0 Å². The zero-order valence-corrected chi connectivity index (χ0v) is 30.5. The molecule has 0 aromatic heterocycles. The van der Waals surface area contributed by atoms with E-state index in [0.717, 1.165) is 103 Å². The molecule has 4 nitrogen and oxygen atoms in total. The van der Waals surface area contributed by atoms with Gasteiger partial charge in [0.15, 0.2) is 0 Å². The van der Waals surface area contributed by atoms with Crippen molar-refractivity contribution in [3.63, 3.8) is 0 Å². The van der Waals surface area contributed by atoms with E-state index in [-0.39, 0.29) is 17.4 Å². The molecule has 0 radical (unpaired) electrons. The van der Waals surface area contributed by atoms with Crippen LogP contribution in [-0.4, -0.2) is 24.6 Å². The largest absolute Gasteiger partial charge is 2.00 e. The van der Waals surface area contributed by atoms with Gasteiger partial charge in [-0.05, 0) is 48.3 Å². The van der Waals surface area contributed by atoms with E-state index < -0.39 is 14.7 Å². The third-order valence-corrected chi connectivity index (χ3v) is 12.6. The minimum atomic E-state index is -3.17. The first-order chi connectivity index (χ1) is 18.0. The molecular formula is C32H68CrO4P2. The molecule has 0 aliphatic rings. The molecule has 0 aromatic carbocycles. The van der Waals surface area contributed by atoms with Crippen LogP contribution in [0, 0.1) is 23.7 Å². The Kier molecular flexibility index (Phi) is 31.5.